The van der Waals surface area contributed by atoms with Crippen molar-refractivity contribution < 1.29 is 29.0 Å². The molecule has 0 bridgehead atoms. The van der Waals surface area contributed by atoms with Crippen LogP contribution < -0.4 is 31.9 Å². The van der Waals surface area contributed by atoms with Gasteiger partial charge in [0.05, 0.1) is 53.0 Å². The average molecular weight is 1410 g/mol. The fourth-order valence-corrected chi connectivity index (χ4v) is 13.5. The van der Waals surface area contributed by atoms with Gasteiger partial charge in [0.15, 0.2) is 0 Å². The Labute approximate surface area is 594 Å². The van der Waals surface area contributed by atoms with Crippen molar-refractivity contribution in [3.8, 4) is 0 Å². The molecule has 6 N–H and O–H groups in total. The van der Waals surface area contributed by atoms with Crippen LogP contribution in [0.15, 0.2) is 172 Å². The molecule has 2 saturated carbocycles. The number of hydrogen-bond donors (Lipinski definition) is 4. The number of anilines is 4. The van der Waals surface area contributed by atoms with Gasteiger partial charge in [0, 0.05) is 116 Å². The van der Waals surface area contributed by atoms with Gasteiger partial charge in [-0.25, -0.2) is 4.98 Å². The number of aliphatic imine (C=N–C) groups is 4. The lowest BCUT2D eigenvalue weighted by atomic mass is 9.94. The van der Waals surface area contributed by atoms with Crippen LogP contribution in [0.4, 0.5) is 34.1 Å². The molecule has 2 aliphatic carbocycles. The van der Waals surface area contributed by atoms with Crippen LogP contribution in [0.2, 0.25) is 10.0 Å². The molecule has 14 rings (SSSR count). The third kappa shape index (κ3) is 17.5. The number of nitrogens with two attached hydrogens (primary N) is 2. The highest BCUT2D eigenvalue weighted by Gasteiger charge is 2.39. The number of nitrogen functional groups attached to an aromatic ring is 2. The number of fused-ring (bicyclic) bond motifs is 4. The fourth-order valence-electron chi connectivity index (χ4n) is 12.9. The lowest BCUT2D eigenvalue weighted by Crippen LogP contribution is -2.48. The van der Waals surface area contributed by atoms with Gasteiger partial charge in [0.25, 0.3) is 11.4 Å². The Kier molecular flexibility index (Phi) is 24.9. The van der Waals surface area contributed by atoms with Crippen molar-refractivity contribution in [2.75, 3.05) is 27.1 Å². The number of aromatic nitrogens is 2. The molecule has 2 fully saturated rings. The molecule has 1 aromatic heterocycles. The number of nitro benzene ring substituents is 2. The lowest BCUT2D eigenvalue weighted by Gasteiger charge is -2.34. The van der Waals surface area contributed by atoms with Crippen LogP contribution in [0.1, 0.15) is 143 Å². The maximum atomic E-state index is 14.1. The van der Waals surface area contributed by atoms with E-state index in [-0.39, 0.29) is 64.4 Å². The van der Waals surface area contributed by atoms with Crippen molar-refractivity contribution in [1.29, 1.82) is 0 Å². The first-order chi connectivity index (χ1) is 48.4. The molecule has 6 aliphatic rings. The SMILES string of the molecule is Cc1c(N)cccc1[N+](=O)[O-].Cc1nccn1CC(=O)N(c1cccc2c1C=NC2)C(C(=O)NC1CCCCC1)c1ccccc1Cl.Nc1cccc2c1C=NC2.O=C(NC1CCCCC1)C(c1ccccc1Cl)N(C(=O)CCl)c1cccc2c1C=NC2.O=[N+]([O-])c1cccc2c1C=NC2. The molecule has 5 heterocycles. The highest BCUT2D eigenvalue weighted by atomic mass is 35.5. The predicted molar refractivity (Wildman–Crippen MR) is 395 cm³/mol. The third-order valence-electron chi connectivity index (χ3n) is 18.1. The maximum Gasteiger partial charge on any atom is 0.278 e. The minimum Gasteiger partial charge on any atom is -0.398 e. The molecule has 516 valence electrons. The zero-order valence-corrected chi connectivity index (χ0v) is 57.7. The third-order valence-corrected chi connectivity index (χ3v) is 19.1. The molecule has 4 aliphatic heterocycles. The number of halogens is 3. The molecule has 2 unspecified atom stereocenters. The summed E-state index contributed by atoms with van der Waals surface area (Å²) >= 11 is 19.2. The van der Waals surface area contributed by atoms with E-state index in [9.17, 15) is 39.4 Å². The van der Waals surface area contributed by atoms with Crippen LogP contribution >= 0.6 is 34.8 Å². The number of benzene rings is 7. The van der Waals surface area contributed by atoms with E-state index in [1.54, 1.807) is 83.8 Å². The fraction of sp³-hybridized carbons (Fsp3) is 0.293. The Morgan fingerprint density at radius 1 is 0.530 bits per heavy atom. The molecular weight excluding hydrogens is 1330 g/mol. The number of imidazole rings is 1. The first-order valence-electron chi connectivity index (χ1n) is 33.1. The quantitative estimate of drug-likeness (QED) is 0.0324. The molecule has 4 amide bonds. The summed E-state index contributed by atoms with van der Waals surface area (Å²) in [6.07, 6.45) is 20.9. The van der Waals surface area contributed by atoms with E-state index >= 15 is 0 Å². The van der Waals surface area contributed by atoms with E-state index in [2.05, 4.69) is 41.7 Å². The number of carbonyl (C=O) groups is 4. The van der Waals surface area contributed by atoms with E-state index < -0.39 is 17.0 Å². The zero-order valence-electron chi connectivity index (χ0n) is 55.4. The van der Waals surface area contributed by atoms with Gasteiger partial charge < -0.3 is 26.7 Å². The molecule has 0 saturated heterocycles. The summed E-state index contributed by atoms with van der Waals surface area (Å²) in [4.78, 5) is 99.2. The molecule has 25 heteroatoms. The topological polar surface area (TPSA) is 304 Å². The molecule has 8 aromatic rings. The normalized spacial score (nSPS) is 14.8. The Hall–Kier alpha value is -10.4. The van der Waals surface area contributed by atoms with Gasteiger partial charge in [-0.05, 0) is 98.2 Å². The van der Waals surface area contributed by atoms with Crippen molar-refractivity contribution in [1.82, 2.24) is 20.2 Å². The molecular formula is C75H77Cl3N14O8. The van der Waals surface area contributed by atoms with Gasteiger partial charge in [-0.1, -0.05) is 153 Å². The van der Waals surface area contributed by atoms with Crippen LogP contribution in [0.25, 0.3) is 0 Å². The lowest BCUT2D eigenvalue weighted by molar-refractivity contribution is -0.385. The van der Waals surface area contributed by atoms with Crippen LogP contribution in [0.3, 0.4) is 0 Å². The first-order valence-corrected chi connectivity index (χ1v) is 34.3. The summed E-state index contributed by atoms with van der Waals surface area (Å²) in [5, 5.41) is 28.1. The number of amides is 4. The second-order valence-electron chi connectivity index (χ2n) is 24.7. The molecule has 7 aromatic carbocycles. The number of aryl methyl sites for hydroxylation is 1. The first kappa shape index (κ1) is 72.3. The van der Waals surface area contributed by atoms with Gasteiger partial charge in [-0.15, -0.1) is 11.6 Å². The summed E-state index contributed by atoms with van der Waals surface area (Å²) in [6, 6.07) is 39.8. The van der Waals surface area contributed by atoms with E-state index in [1.807, 2.05) is 98.1 Å². The summed E-state index contributed by atoms with van der Waals surface area (Å²) in [6.45, 7) is 5.99. The number of carbonyl (C=O) groups excluding carboxylic acids is 4. The van der Waals surface area contributed by atoms with E-state index in [4.69, 9.17) is 46.3 Å². The number of hydrogen-bond acceptors (Lipinski definition) is 15. The Balaban J connectivity index is 0.000000150. The van der Waals surface area contributed by atoms with E-state index in [1.165, 1.54) is 35.4 Å². The van der Waals surface area contributed by atoms with Crippen LogP contribution in [0.5, 0.6) is 0 Å². The smallest absolute Gasteiger partial charge is 0.278 e. The van der Waals surface area contributed by atoms with E-state index in [0.717, 1.165) is 103 Å². The van der Waals surface area contributed by atoms with Gasteiger partial charge in [-0.2, -0.15) is 0 Å². The number of rotatable bonds is 15. The largest absolute Gasteiger partial charge is 0.398 e. The molecule has 0 radical (unpaired) electrons. The van der Waals surface area contributed by atoms with Crippen molar-refractivity contribution in [2.45, 2.75) is 135 Å². The molecule has 0 spiro atoms. The van der Waals surface area contributed by atoms with Crippen molar-refractivity contribution >= 4 is 117 Å². The molecule has 100 heavy (non-hydrogen) atoms. The Morgan fingerprint density at radius 3 is 1.39 bits per heavy atom. The van der Waals surface area contributed by atoms with Crippen molar-refractivity contribution in [3.05, 3.63) is 249 Å². The number of nitrogens with one attached hydrogen (secondary N) is 2. The predicted octanol–water partition coefficient (Wildman–Crippen LogP) is 14.2. The maximum absolute atomic E-state index is 14.1. The van der Waals surface area contributed by atoms with Gasteiger partial charge in [0.1, 0.15) is 30.3 Å². The highest BCUT2D eigenvalue weighted by Crippen LogP contribution is 2.39. The summed E-state index contributed by atoms with van der Waals surface area (Å²) in [5.41, 5.74) is 23.3. The second-order valence-corrected chi connectivity index (χ2v) is 25.7. The summed E-state index contributed by atoms with van der Waals surface area (Å²) < 4.78 is 1.79. The van der Waals surface area contributed by atoms with Crippen LogP contribution in [-0.2, 0) is 51.9 Å². The standard InChI is InChI=1S/C28H30ClN5O2.C24H25Cl2N3O2.C8H6N2O2.C8H8N2.C7H8N2O2/c1-19-31-14-15-33(19)18-26(35)34(25-13-7-8-20-16-30-17-23(20)25)27(22-11-5-6-12-24(22)29)28(36)32-21-9-3-2-4-10-21;25-13-22(30)29(21-12-6-7-16-14-27-15-19(16)21)23(18-10-4-5-11-20(18)26)24(31)28-17-8-2-1-3-9-17;11-10(12)8-3-1-2-6-4-9-5-7(6)8;9-8-3-1-2-6-4-10-5-7(6)8;1-5-6(8)3-2-4-7(5)9(10)11/h5-8,11-15,17,21,27H,2-4,9-10,16,18H2,1H3,(H,32,36);4-7,10-12,15,17,23H,1-3,8-9,13-14H2,(H,28,31);1-3,5H,4H2;1-3,5H,4,9H2;2-4H,8H2,1H3. The van der Waals surface area contributed by atoms with Crippen LogP contribution in [0, 0.1) is 34.1 Å². The highest BCUT2D eigenvalue weighted by molar-refractivity contribution is 6.33. The molecule has 22 nitrogen and oxygen atoms in total. The van der Waals surface area contributed by atoms with Gasteiger partial charge in [0.2, 0.25) is 23.6 Å². The Morgan fingerprint density at radius 2 is 0.940 bits per heavy atom. The number of alkyl halides is 1. The van der Waals surface area contributed by atoms with E-state index in [0.29, 0.717) is 69.0 Å². The van der Waals surface area contributed by atoms with Gasteiger partial charge >= 0.3 is 0 Å². The van der Waals surface area contributed by atoms with Crippen LogP contribution in [-0.4, -0.2) is 85.8 Å². The minimum atomic E-state index is -0.933. The summed E-state index contributed by atoms with van der Waals surface area (Å²) in [7, 11) is 0. The minimum absolute atomic E-state index is 0.0459. The average Bonchev–Trinajstić information content (AvgIpc) is 1.28. The second kappa shape index (κ2) is 34.4. The van der Waals surface area contributed by atoms with Gasteiger partial charge in [-0.3, -0.25) is 69.2 Å². The number of nitrogens with zero attached hydrogens (tertiary/aromatic N) is 10. The molecule has 2 atom stereocenters. The Bertz CT molecular complexity index is 4450. The number of nitro groups is 2. The zero-order chi connectivity index (χ0) is 70.8. The monoisotopic (exact) mass is 1410 g/mol. The summed E-state index contributed by atoms with van der Waals surface area (Å²) in [5.74, 6) is -0.584. The van der Waals surface area contributed by atoms with Crippen molar-refractivity contribution in [2.24, 2.45) is 20.0 Å². The van der Waals surface area contributed by atoms with Crippen molar-refractivity contribution in [3.63, 3.8) is 0 Å².